The molecule has 3 aliphatic heterocycles. The van der Waals surface area contributed by atoms with E-state index in [1.165, 1.54) is 28.0 Å². The summed E-state index contributed by atoms with van der Waals surface area (Å²) in [5.74, 6) is -0.444. The minimum Gasteiger partial charge on any atom is -0.492 e. The molecule has 2 aromatic carbocycles. The molecule has 77 heavy (non-hydrogen) atoms. The average Bonchev–Trinajstić information content (AvgIpc) is 3.84. The standard InChI is InChI=1S/C54H67ClFN13O6S2/c1-33-45(76-32-62-33)34-9-10-35(27-61-48(72)39-26-36(70)30-69(39)49(73)46(52(2,3)4)65-50(74)54(56)12-13-54)40(25-34)75-24-23-66-19-21-68(22-20-66)51-58-16-11-38(64-51)47(71)63-37-7-6-8-41(44(37)55)77-43-29-59-42(28-60-43)67-17-14-53(5,31-57)15-18-67/h6-11,16,25,28-29,32,36,39,46,70H,12-15,17-24,26-27,30-31,57H2,1-5H3,(H,61,72)(H,63,71)(H,65,74)/t36-,39+,46-/m1/s1. The molecule has 1 saturated carbocycles. The lowest BCUT2D eigenvalue weighted by atomic mass is 9.80. The number of amides is 4. The topological polar surface area (TPSA) is 237 Å². The molecule has 4 aliphatic rings. The number of carbonyl (C=O) groups excluding carboxylic acids is 4. The Labute approximate surface area is 461 Å². The van der Waals surface area contributed by atoms with Gasteiger partial charge in [0.25, 0.3) is 11.8 Å². The molecule has 3 atom stereocenters. The third-order valence-corrected chi connectivity index (χ3v) is 17.4. The van der Waals surface area contributed by atoms with Crippen LogP contribution in [0.25, 0.3) is 10.4 Å². The predicted octanol–water partition coefficient (Wildman–Crippen LogP) is 6.13. The Morgan fingerprint density at radius 2 is 1.75 bits per heavy atom. The molecule has 9 rings (SSSR count). The van der Waals surface area contributed by atoms with Crippen molar-refractivity contribution in [1.29, 1.82) is 0 Å². The van der Waals surface area contributed by atoms with Gasteiger partial charge in [-0.25, -0.2) is 29.3 Å². The second-order valence-electron chi connectivity index (χ2n) is 21.7. The maximum absolute atomic E-state index is 14.7. The fraction of sp³-hybridized carbons (Fsp3) is 0.500. The number of nitrogens with one attached hydrogen (secondary N) is 3. The molecule has 3 aromatic heterocycles. The zero-order valence-electron chi connectivity index (χ0n) is 44.1. The highest BCUT2D eigenvalue weighted by atomic mass is 35.5. The minimum atomic E-state index is -1.98. The number of aromatic nitrogens is 5. The molecule has 6 N–H and O–H groups in total. The van der Waals surface area contributed by atoms with E-state index in [1.807, 2.05) is 42.2 Å². The number of aliphatic hydroxyl groups excluding tert-OH is 1. The highest BCUT2D eigenvalue weighted by molar-refractivity contribution is 7.99. The molecule has 0 unspecified atom stereocenters. The lowest BCUT2D eigenvalue weighted by molar-refractivity contribution is -0.145. The molecule has 0 radical (unpaired) electrons. The van der Waals surface area contributed by atoms with Crippen LogP contribution in [0.5, 0.6) is 5.75 Å². The Bertz CT molecular complexity index is 2940. The maximum atomic E-state index is 14.7. The molecule has 0 bridgehead atoms. The van der Waals surface area contributed by atoms with Crippen LogP contribution in [0.1, 0.15) is 81.5 Å². The first-order valence-electron chi connectivity index (χ1n) is 26.1. The van der Waals surface area contributed by atoms with E-state index in [2.05, 4.69) is 57.6 Å². The summed E-state index contributed by atoms with van der Waals surface area (Å²) in [6, 6.07) is 10.7. The van der Waals surface area contributed by atoms with E-state index in [0.29, 0.717) is 83.8 Å². The molecule has 1 aliphatic carbocycles. The van der Waals surface area contributed by atoms with Gasteiger partial charge < -0.3 is 46.2 Å². The van der Waals surface area contributed by atoms with Crippen LogP contribution in [0.4, 0.5) is 21.8 Å². The normalized spacial score (nSPS) is 19.6. The Balaban J connectivity index is 0.778. The number of hydrogen-bond donors (Lipinski definition) is 5. The molecule has 410 valence electrons. The molecule has 19 nitrogen and oxygen atoms in total. The molecular weight excluding hydrogens is 1050 g/mol. The first-order valence-corrected chi connectivity index (χ1v) is 28.1. The van der Waals surface area contributed by atoms with Gasteiger partial charge in [-0.15, -0.1) is 11.3 Å². The third kappa shape index (κ3) is 13.3. The molecule has 0 spiro atoms. The number of hydrogen-bond acceptors (Lipinski definition) is 17. The number of ether oxygens (including phenoxy) is 1. The highest BCUT2D eigenvalue weighted by Crippen LogP contribution is 2.41. The summed E-state index contributed by atoms with van der Waals surface area (Å²) in [5.41, 5.74) is 8.30. The number of likely N-dealkylation sites (tertiary alicyclic amines) is 1. The number of aryl methyl sites for hydroxylation is 1. The smallest absolute Gasteiger partial charge is 0.274 e. The van der Waals surface area contributed by atoms with E-state index in [0.717, 1.165) is 47.9 Å². The number of piperidine rings is 1. The number of anilines is 3. The number of rotatable bonds is 18. The first-order chi connectivity index (χ1) is 36.8. The van der Waals surface area contributed by atoms with Crippen LogP contribution in [-0.4, -0.2) is 153 Å². The first kappa shape index (κ1) is 55.7. The predicted molar refractivity (Wildman–Crippen MR) is 295 cm³/mol. The summed E-state index contributed by atoms with van der Waals surface area (Å²) in [5, 5.41) is 20.2. The summed E-state index contributed by atoms with van der Waals surface area (Å²) in [7, 11) is 0. The minimum absolute atomic E-state index is 0.0102. The van der Waals surface area contributed by atoms with Crippen molar-refractivity contribution in [3.05, 3.63) is 88.5 Å². The van der Waals surface area contributed by atoms with Crippen molar-refractivity contribution in [2.75, 3.05) is 80.6 Å². The largest absolute Gasteiger partial charge is 0.492 e. The third-order valence-electron chi connectivity index (χ3n) is 14.9. The van der Waals surface area contributed by atoms with Gasteiger partial charge in [-0.05, 0) is 79.8 Å². The number of halogens is 2. The summed E-state index contributed by atoms with van der Waals surface area (Å²) < 4.78 is 21.2. The Hall–Kier alpha value is -6.04. The number of β-amino-alcohol motifs (C(OH)–C–C–N with tert-alkyl or cyclic N) is 1. The molecule has 23 heteroatoms. The second kappa shape index (κ2) is 23.5. The highest BCUT2D eigenvalue weighted by Gasteiger charge is 2.53. The average molecular weight is 1110 g/mol. The fourth-order valence-electron chi connectivity index (χ4n) is 9.65. The van der Waals surface area contributed by atoms with Crippen LogP contribution >= 0.6 is 34.7 Å². The van der Waals surface area contributed by atoms with E-state index in [-0.39, 0.29) is 43.5 Å². The molecule has 4 amide bonds. The molecule has 4 fully saturated rings. The van der Waals surface area contributed by atoms with Crippen LogP contribution in [0.2, 0.25) is 5.02 Å². The Morgan fingerprint density at radius 1 is 0.987 bits per heavy atom. The van der Waals surface area contributed by atoms with Crippen LogP contribution in [0, 0.1) is 17.8 Å². The Kier molecular flexibility index (Phi) is 17.0. The number of thiazole rings is 1. The van der Waals surface area contributed by atoms with Crippen molar-refractivity contribution >= 4 is 75.8 Å². The van der Waals surface area contributed by atoms with Crippen molar-refractivity contribution in [3.8, 4) is 16.2 Å². The number of benzene rings is 2. The maximum Gasteiger partial charge on any atom is 0.274 e. The monoisotopic (exact) mass is 1110 g/mol. The Morgan fingerprint density at radius 3 is 2.43 bits per heavy atom. The SMILES string of the molecule is Cc1ncsc1-c1ccc(CNC(=O)[C@@H]2C[C@@H](O)CN2C(=O)[C@@H](NC(=O)C2(F)CC2)C(C)(C)C)c(OCCN2CCN(c3nccc(C(=O)Nc4cccc(Sc5cnc(N6CCC(C)(CN)CC6)cn5)c4Cl)n3)CC2)c1. The zero-order valence-corrected chi connectivity index (χ0v) is 46.4. The fourth-order valence-corrected chi connectivity index (χ4v) is 11.5. The van der Waals surface area contributed by atoms with E-state index >= 15 is 0 Å². The van der Waals surface area contributed by atoms with Gasteiger partial charge in [-0.3, -0.25) is 24.1 Å². The van der Waals surface area contributed by atoms with Crippen molar-refractivity contribution < 1.29 is 33.4 Å². The van der Waals surface area contributed by atoms with Gasteiger partial charge in [0.05, 0.1) is 45.3 Å². The quantitative estimate of drug-likeness (QED) is 0.0663. The van der Waals surface area contributed by atoms with Gasteiger partial charge in [0.2, 0.25) is 17.8 Å². The van der Waals surface area contributed by atoms with Crippen molar-refractivity contribution in [2.45, 2.75) is 107 Å². The number of piperazine rings is 1. The lowest BCUT2D eigenvalue weighted by Gasteiger charge is -2.39. The second-order valence-corrected chi connectivity index (χ2v) is 24.0. The summed E-state index contributed by atoms with van der Waals surface area (Å²) >= 11 is 9.74. The van der Waals surface area contributed by atoms with Crippen LogP contribution in [-0.2, 0) is 20.9 Å². The van der Waals surface area contributed by atoms with Gasteiger partial charge >= 0.3 is 0 Å². The van der Waals surface area contributed by atoms with Gasteiger partial charge in [0.15, 0.2) is 5.67 Å². The van der Waals surface area contributed by atoms with Crippen LogP contribution in [0.3, 0.4) is 0 Å². The van der Waals surface area contributed by atoms with Gasteiger partial charge in [-0.2, -0.15) is 0 Å². The van der Waals surface area contributed by atoms with Crippen LogP contribution in [0.15, 0.2) is 76.5 Å². The number of carbonyl (C=O) groups is 4. The molecular formula is C54H67ClFN13O6S2. The molecule has 3 saturated heterocycles. The van der Waals surface area contributed by atoms with Crippen molar-refractivity contribution in [1.82, 2.24) is 45.4 Å². The van der Waals surface area contributed by atoms with Crippen molar-refractivity contribution in [2.24, 2.45) is 16.6 Å². The van der Waals surface area contributed by atoms with Crippen LogP contribution < -0.4 is 36.2 Å². The number of nitrogens with zero attached hydrogens (tertiary/aromatic N) is 9. The molecule has 5 aromatic rings. The summed E-state index contributed by atoms with van der Waals surface area (Å²) in [6.07, 6.45) is 6.36. The van der Waals surface area contributed by atoms with Crippen molar-refractivity contribution in [3.63, 3.8) is 0 Å². The number of alkyl halides is 1. The van der Waals surface area contributed by atoms with E-state index in [9.17, 15) is 28.7 Å². The number of nitrogens with two attached hydrogens (primary N) is 1. The summed E-state index contributed by atoms with van der Waals surface area (Å²) in [4.78, 5) is 86.7. The van der Waals surface area contributed by atoms with E-state index < -0.39 is 52.9 Å². The molecule has 6 heterocycles. The van der Waals surface area contributed by atoms with Gasteiger partial charge in [0, 0.05) is 82.0 Å². The lowest BCUT2D eigenvalue weighted by Crippen LogP contribution is -2.59. The summed E-state index contributed by atoms with van der Waals surface area (Å²) in [6.45, 7) is 15.4. The van der Waals surface area contributed by atoms with E-state index in [4.69, 9.17) is 22.1 Å². The zero-order chi connectivity index (χ0) is 54.6. The van der Waals surface area contributed by atoms with Gasteiger partial charge in [0.1, 0.15) is 41.0 Å². The van der Waals surface area contributed by atoms with E-state index in [1.54, 1.807) is 57.0 Å². The van der Waals surface area contributed by atoms with Gasteiger partial charge in [-0.1, -0.05) is 69.3 Å². The number of aliphatic hydroxyl groups is 1.